The number of rotatable bonds is 6. The molecule has 2 aromatic carbocycles. The Balaban J connectivity index is 1.82. The maximum absolute atomic E-state index is 13.4. The number of hydrogen-bond donors (Lipinski definition) is 2. The highest BCUT2D eigenvalue weighted by Crippen LogP contribution is 2.27. The summed E-state index contributed by atoms with van der Waals surface area (Å²) in [6.07, 6.45) is 0. The molecule has 4 amide bonds. The van der Waals surface area contributed by atoms with E-state index < -0.39 is 0 Å². The summed E-state index contributed by atoms with van der Waals surface area (Å²) in [5, 5.41) is 5.92. The van der Waals surface area contributed by atoms with E-state index in [9.17, 15) is 14.4 Å². The third kappa shape index (κ3) is 6.74. The monoisotopic (exact) mass is 479 g/mol. The summed E-state index contributed by atoms with van der Waals surface area (Å²) in [5.74, 6) is -0.299. The first kappa shape index (κ1) is 26.1. The van der Waals surface area contributed by atoms with Gasteiger partial charge in [0.2, 0.25) is 0 Å². The van der Waals surface area contributed by atoms with E-state index >= 15 is 0 Å². The van der Waals surface area contributed by atoms with Gasteiger partial charge in [-0.15, -0.1) is 0 Å². The zero-order valence-corrected chi connectivity index (χ0v) is 21.4. The van der Waals surface area contributed by atoms with Crippen LogP contribution in [-0.2, 0) is 0 Å². The highest BCUT2D eigenvalue weighted by molar-refractivity contribution is 6.06. The van der Waals surface area contributed by atoms with E-state index in [1.54, 1.807) is 23.1 Å². The van der Waals surface area contributed by atoms with Gasteiger partial charge in [-0.05, 0) is 65.0 Å². The quantitative estimate of drug-likeness (QED) is 0.655. The summed E-state index contributed by atoms with van der Waals surface area (Å²) in [7, 11) is 0. The summed E-state index contributed by atoms with van der Waals surface area (Å²) in [6, 6.07) is 14.4. The lowest BCUT2D eigenvalue weighted by atomic mass is 10.1. The van der Waals surface area contributed by atoms with Crippen LogP contribution in [0.5, 0.6) is 0 Å². The number of benzene rings is 2. The maximum Gasteiger partial charge on any atom is 0.317 e. The van der Waals surface area contributed by atoms with Gasteiger partial charge in [0.1, 0.15) is 0 Å². The highest BCUT2D eigenvalue weighted by atomic mass is 16.2. The zero-order chi connectivity index (χ0) is 25.6. The van der Waals surface area contributed by atoms with Gasteiger partial charge in [-0.1, -0.05) is 18.2 Å². The predicted molar refractivity (Wildman–Crippen MR) is 140 cm³/mol. The molecule has 0 bridgehead atoms. The molecule has 8 heteroatoms. The largest absolute Gasteiger partial charge is 0.367 e. The number of nitrogens with one attached hydrogen (secondary N) is 2. The van der Waals surface area contributed by atoms with Crippen molar-refractivity contribution in [3.8, 4) is 0 Å². The normalized spacial score (nSPS) is 13.9. The van der Waals surface area contributed by atoms with Gasteiger partial charge in [-0.3, -0.25) is 9.59 Å². The first-order valence-electron chi connectivity index (χ1n) is 12.2. The summed E-state index contributed by atoms with van der Waals surface area (Å²) in [6.45, 7) is 13.3. The minimum absolute atomic E-state index is 0.0736. The van der Waals surface area contributed by atoms with Gasteiger partial charge >= 0.3 is 6.03 Å². The first-order chi connectivity index (χ1) is 16.6. The maximum atomic E-state index is 13.4. The molecule has 0 spiro atoms. The van der Waals surface area contributed by atoms with Crippen LogP contribution in [0, 0.1) is 0 Å². The number of carbonyl (C=O) groups is 3. The van der Waals surface area contributed by atoms with Crippen molar-refractivity contribution in [3.05, 3.63) is 59.7 Å². The molecule has 0 aromatic heterocycles. The van der Waals surface area contributed by atoms with Crippen LogP contribution < -0.4 is 15.5 Å². The van der Waals surface area contributed by atoms with E-state index in [-0.39, 0.29) is 23.4 Å². The number of urea groups is 1. The van der Waals surface area contributed by atoms with Crippen molar-refractivity contribution >= 4 is 29.2 Å². The molecule has 0 atom stereocenters. The lowest BCUT2D eigenvalue weighted by Crippen LogP contribution is -2.55. The molecule has 1 aliphatic rings. The van der Waals surface area contributed by atoms with Crippen LogP contribution in [0.3, 0.4) is 0 Å². The molecule has 0 saturated carbocycles. The molecule has 1 saturated heterocycles. The number of anilines is 2. The van der Waals surface area contributed by atoms with E-state index in [2.05, 4.69) is 15.5 Å². The number of hydrogen-bond acceptors (Lipinski definition) is 4. The van der Waals surface area contributed by atoms with E-state index in [4.69, 9.17) is 0 Å². The van der Waals surface area contributed by atoms with E-state index in [0.717, 1.165) is 5.69 Å². The van der Waals surface area contributed by atoms with Crippen molar-refractivity contribution in [2.45, 2.75) is 40.2 Å². The van der Waals surface area contributed by atoms with Crippen LogP contribution in [0.15, 0.2) is 48.5 Å². The second-order valence-electron chi connectivity index (χ2n) is 9.68. The van der Waals surface area contributed by atoms with Gasteiger partial charge in [-0.25, -0.2) is 4.79 Å². The Bertz CT molecular complexity index is 1040. The van der Waals surface area contributed by atoms with Crippen molar-refractivity contribution in [2.75, 3.05) is 49.5 Å². The molecule has 0 unspecified atom stereocenters. The molecule has 2 N–H and O–H groups in total. The number of nitrogens with zero attached hydrogens (tertiary/aromatic N) is 3. The minimum atomic E-state index is -0.294. The van der Waals surface area contributed by atoms with Crippen molar-refractivity contribution < 1.29 is 14.4 Å². The van der Waals surface area contributed by atoms with Crippen LogP contribution >= 0.6 is 0 Å². The highest BCUT2D eigenvalue weighted by Gasteiger charge is 2.27. The number of piperazine rings is 1. The Labute approximate surface area is 208 Å². The van der Waals surface area contributed by atoms with Crippen molar-refractivity contribution in [1.29, 1.82) is 0 Å². The van der Waals surface area contributed by atoms with Gasteiger partial charge in [0, 0.05) is 61.7 Å². The Hall–Kier alpha value is -3.55. The summed E-state index contributed by atoms with van der Waals surface area (Å²) < 4.78 is 0. The molecule has 1 aliphatic heterocycles. The minimum Gasteiger partial charge on any atom is -0.367 e. The fourth-order valence-electron chi connectivity index (χ4n) is 4.09. The van der Waals surface area contributed by atoms with Crippen LogP contribution in [0.4, 0.5) is 16.2 Å². The van der Waals surface area contributed by atoms with Crippen LogP contribution in [0.25, 0.3) is 0 Å². The third-order valence-electron chi connectivity index (χ3n) is 5.96. The Morgan fingerprint density at radius 1 is 0.914 bits per heavy atom. The second-order valence-corrected chi connectivity index (χ2v) is 9.68. The predicted octanol–water partition coefficient (Wildman–Crippen LogP) is 4.05. The third-order valence-corrected chi connectivity index (χ3v) is 5.96. The van der Waals surface area contributed by atoms with Crippen molar-refractivity contribution in [3.63, 3.8) is 0 Å². The molecule has 2 aromatic rings. The fraction of sp³-hybridized carbons (Fsp3) is 0.444. The summed E-state index contributed by atoms with van der Waals surface area (Å²) in [4.78, 5) is 44.4. The summed E-state index contributed by atoms with van der Waals surface area (Å²) >= 11 is 0. The van der Waals surface area contributed by atoms with Gasteiger partial charge in [-0.2, -0.15) is 0 Å². The van der Waals surface area contributed by atoms with Crippen LogP contribution in [0.2, 0.25) is 0 Å². The lowest BCUT2D eigenvalue weighted by molar-refractivity contribution is 0.0773. The Kier molecular flexibility index (Phi) is 8.38. The average molecular weight is 480 g/mol. The van der Waals surface area contributed by atoms with Gasteiger partial charge in [0.25, 0.3) is 11.8 Å². The van der Waals surface area contributed by atoms with E-state index in [1.807, 2.05) is 69.9 Å². The molecule has 0 radical (unpaired) electrons. The van der Waals surface area contributed by atoms with Crippen molar-refractivity contribution in [1.82, 2.24) is 15.1 Å². The lowest BCUT2D eigenvalue weighted by Gasteiger charge is -2.38. The standard InChI is InChI=1S/C27H37N5O3/c1-6-30(7-2)25(34)22-19-21(28-24(33)20-11-9-8-10-12-20)13-14-23(22)31-15-17-32(18-16-31)26(35)29-27(3,4)5/h8-14,19H,6-7,15-18H2,1-5H3,(H,28,33)(H,29,35). The van der Waals surface area contributed by atoms with Gasteiger partial charge in [0.05, 0.1) is 5.56 Å². The molecular formula is C27H37N5O3. The fourth-order valence-corrected chi connectivity index (χ4v) is 4.09. The molecule has 188 valence electrons. The molecule has 3 rings (SSSR count). The Morgan fingerprint density at radius 3 is 2.11 bits per heavy atom. The van der Waals surface area contributed by atoms with E-state index in [0.29, 0.717) is 56.1 Å². The second kappa shape index (κ2) is 11.3. The zero-order valence-electron chi connectivity index (χ0n) is 21.4. The molecule has 1 heterocycles. The first-order valence-corrected chi connectivity index (χ1v) is 12.2. The van der Waals surface area contributed by atoms with Crippen LogP contribution in [-0.4, -0.2) is 72.5 Å². The molecule has 35 heavy (non-hydrogen) atoms. The number of carbonyl (C=O) groups excluding carboxylic acids is 3. The number of amides is 4. The van der Waals surface area contributed by atoms with E-state index in [1.165, 1.54) is 0 Å². The SMILES string of the molecule is CCN(CC)C(=O)c1cc(NC(=O)c2ccccc2)ccc1N1CCN(C(=O)NC(C)(C)C)CC1. The average Bonchev–Trinajstić information content (AvgIpc) is 2.84. The smallest absolute Gasteiger partial charge is 0.317 e. The topological polar surface area (TPSA) is 85.0 Å². The molecule has 1 fully saturated rings. The van der Waals surface area contributed by atoms with Crippen LogP contribution in [0.1, 0.15) is 55.3 Å². The van der Waals surface area contributed by atoms with Gasteiger partial charge < -0.3 is 25.3 Å². The summed E-state index contributed by atoms with van der Waals surface area (Å²) in [5.41, 5.74) is 2.19. The molecular weight excluding hydrogens is 442 g/mol. The molecule has 0 aliphatic carbocycles. The Morgan fingerprint density at radius 2 is 1.54 bits per heavy atom. The van der Waals surface area contributed by atoms with Crippen molar-refractivity contribution in [2.24, 2.45) is 0 Å². The van der Waals surface area contributed by atoms with Gasteiger partial charge in [0.15, 0.2) is 0 Å². The molecule has 8 nitrogen and oxygen atoms in total.